The summed E-state index contributed by atoms with van der Waals surface area (Å²) < 4.78 is 13.9. The Morgan fingerprint density at radius 3 is 2.50 bits per heavy atom. The summed E-state index contributed by atoms with van der Waals surface area (Å²) in [5.41, 5.74) is 1.74. The van der Waals surface area contributed by atoms with Gasteiger partial charge in [0.25, 0.3) is 0 Å². The van der Waals surface area contributed by atoms with Crippen LogP contribution in [0.4, 0.5) is 4.39 Å². The average molecular weight is 269 g/mol. The Morgan fingerprint density at radius 1 is 1.33 bits per heavy atom. The lowest BCUT2D eigenvalue weighted by molar-refractivity contribution is 0.583. The highest BCUT2D eigenvalue weighted by Crippen LogP contribution is 2.28. The van der Waals surface area contributed by atoms with E-state index in [2.05, 4.69) is 33.0 Å². The first-order valence-corrected chi connectivity index (χ1v) is 7.45. The zero-order valence-corrected chi connectivity index (χ0v) is 12.8. The minimum atomic E-state index is -0.115. The lowest BCUT2D eigenvalue weighted by atomic mass is 10.1. The standard InChI is InChI=1S/C15H24FNS/c1-6-17-14(10-18-15(3,4)5)12-8-7-11(2)13(16)9-12/h7-9,14,17H,6,10H2,1-5H3. The molecule has 0 amide bonds. The molecule has 0 bridgehead atoms. The van der Waals surface area contributed by atoms with Crippen molar-refractivity contribution >= 4 is 11.8 Å². The fraction of sp³-hybridized carbons (Fsp3) is 0.600. The van der Waals surface area contributed by atoms with E-state index in [0.717, 1.165) is 17.9 Å². The SMILES string of the molecule is CCNC(CSC(C)(C)C)c1ccc(C)c(F)c1. The molecule has 1 N–H and O–H groups in total. The maximum absolute atomic E-state index is 13.6. The van der Waals surface area contributed by atoms with Gasteiger partial charge in [-0.25, -0.2) is 4.39 Å². The number of hydrogen-bond donors (Lipinski definition) is 1. The predicted molar refractivity (Wildman–Crippen MR) is 79.8 cm³/mol. The maximum Gasteiger partial charge on any atom is 0.126 e. The van der Waals surface area contributed by atoms with Crippen molar-refractivity contribution in [1.29, 1.82) is 0 Å². The molecule has 1 nitrogen and oxygen atoms in total. The monoisotopic (exact) mass is 269 g/mol. The van der Waals surface area contributed by atoms with Crippen molar-refractivity contribution in [2.75, 3.05) is 12.3 Å². The van der Waals surface area contributed by atoms with Crippen LogP contribution in [-0.2, 0) is 0 Å². The highest BCUT2D eigenvalue weighted by Gasteiger charge is 2.17. The number of halogens is 1. The van der Waals surface area contributed by atoms with Gasteiger partial charge in [-0.3, -0.25) is 0 Å². The van der Waals surface area contributed by atoms with Crippen LogP contribution in [0.2, 0.25) is 0 Å². The topological polar surface area (TPSA) is 12.0 Å². The number of benzene rings is 1. The van der Waals surface area contributed by atoms with Crippen molar-refractivity contribution in [1.82, 2.24) is 5.32 Å². The summed E-state index contributed by atoms with van der Waals surface area (Å²) in [7, 11) is 0. The molecule has 18 heavy (non-hydrogen) atoms. The van der Waals surface area contributed by atoms with Gasteiger partial charge < -0.3 is 5.32 Å². The van der Waals surface area contributed by atoms with Crippen LogP contribution in [0, 0.1) is 12.7 Å². The summed E-state index contributed by atoms with van der Waals surface area (Å²) in [4.78, 5) is 0. The Kier molecular flexibility index (Phi) is 5.67. The van der Waals surface area contributed by atoms with Gasteiger partial charge in [0.05, 0.1) is 0 Å². The second-order valence-corrected chi connectivity index (χ2v) is 7.39. The number of rotatable bonds is 5. The predicted octanol–water partition coefficient (Wildman–Crippen LogP) is 4.32. The molecular formula is C15H24FNS. The van der Waals surface area contributed by atoms with Gasteiger partial charge in [0.1, 0.15) is 5.82 Å². The quantitative estimate of drug-likeness (QED) is 0.854. The molecule has 0 heterocycles. The van der Waals surface area contributed by atoms with Crippen LogP contribution in [0.3, 0.4) is 0 Å². The van der Waals surface area contributed by atoms with Gasteiger partial charge in [-0.05, 0) is 30.7 Å². The van der Waals surface area contributed by atoms with Crippen LogP contribution >= 0.6 is 11.8 Å². The summed E-state index contributed by atoms with van der Waals surface area (Å²) in [6, 6.07) is 5.76. The van der Waals surface area contributed by atoms with E-state index in [1.807, 2.05) is 23.9 Å². The van der Waals surface area contributed by atoms with Crippen LogP contribution in [0.1, 0.15) is 44.9 Å². The molecule has 1 rings (SSSR count). The summed E-state index contributed by atoms with van der Waals surface area (Å²) in [5, 5.41) is 3.43. The lowest BCUT2D eigenvalue weighted by Crippen LogP contribution is -2.25. The van der Waals surface area contributed by atoms with Crippen molar-refractivity contribution in [3.05, 3.63) is 35.1 Å². The molecule has 0 spiro atoms. The third-order valence-electron chi connectivity index (χ3n) is 2.73. The molecule has 0 saturated carbocycles. The number of hydrogen-bond acceptors (Lipinski definition) is 2. The number of nitrogens with one attached hydrogen (secondary N) is 1. The van der Waals surface area contributed by atoms with Gasteiger partial charge in [0.2, 0.25) is 0 Å². The molecule has 0 aliphatic rings. The third-order valence-corrected chi connectivity index (χ3v) is 4.10. The van der Waals surface area contributed by atoms with Gasteiger partial charge >= 0.3 is 0 Å². The van der Waals surface area contributed by atoms with Gasteiger partial charge in [0.15, 0.2) is 0 Å². The minimum absolute atomic E-state index is 0.115. The summed E-state index contributed by atoms with van der Waals surface area (Å²) in [6.07, 6.45) is 0. The van der Waals surface area contributed by atoms with E-state index < -0.39 is 0 Å². The van der Waals surface area contributed by atoms with Crippen LogP contribution in [0.5, 0.6) is 0 Å². The normalized spacial score (nSPS) is 13.7. The van der Waals surface area contributed by atoms with Crippen molar-refractivity contribution < 1.29 is 4.39 Å². The fourth-order valence-electron chi connectivity index (χ4n) is 1.68. The third kappa shape index (κ3) is 4.99. The van der Waals surface area contributed by atoms with Crippen LogP contribution < -0.4 is 5.32 Å². The molecule has 0 aliphatic heterocycles. The van der Waals surface area contributed by atoms with Crippen LogP contribution in [0.15, 0.2) is 18.2 Å². The van der Waals surface area contributed by atoms with E-state index in [0.29, 0.717) is 5.56 Å². The van der Waals surface area contributed by atoms with Crippen LogP contribution in [-0.4, -0.2) is 17.0 Å². The Bertz CT molecular complexity index is 385. The summed E-state index contributed by atoms with van der Waals surface area (Å²) in [5.74, 6) is 0.844. The second kappa shape index (κ2) is 6.58. The maximum atomic E-state index is 13.6. The Labute approximate surface area is 115 Å². The van der Waals surface area contributed by atoms with E-state index in [4.69, 9.17) is 0 Å². The van der Waals surface area contributed by atoms with E-state index in [-0.39, 0.29) is 16.6 Å². The molecule has 0 aromatic heterocycles. The lowest BCUT2D eigenvalue weighted by Gasteiger charge is -2.24. The minimum Gasteiger partial charge on any atom is -0.310 e. The van der Waals surface area contributed by atoms with Crippen molar-refractivity contribution in [3.8, 4) is 0 Å². The molecule has 0 radical (unpaired) electrons. The molecule has 1 aromatic carbocycles. The zero-order valence-electron chi connectivity index (χ0n) is 12.0. The second-order valence-electron chi connectivity index (χ2n) is 5.54. The Hall–Kier alpha value is -0.540. The van der Waals surface area contributed by atoms with E-state index in [1.54, 1.807) is 13.0 Å². The van der Waals surface area contributed by atoms with E-state index >= 15 is 0 Å². The summed E-state index contributed by atoms with van der Waals surface area (Å²) in [6.45, 7) is 11.4. The molecule has 1 unspecified atom stereocenters. The fourth-order valence-corrected chi connectivity index (χ4v) is 2.66. The van der Waals surface area contributed by atoms with E-state index in [1.165, 1.54) is 0 Å². The first-order chi connectivity index (χ1) is 8.33. The van der Waals surface area contributed by atoms with Crippen molar-refractivity contribution in [2.45, 2.75) is 45.4 Å². The molecule has 0 saturated heterocycles. The number of thioether (sulfide) groups is 1. The van der Waals surface area contributed by atoms with Crippen LogP contribution in [0.25, 0.3) is 0 Å². The molecular weight excluding hydrogens is 245 g/mol. The average Bonchev–Trinajstić information content (AvgIpc) is 2.27. The Balaban J connectivity index is 2.80. The largest absolute Gasteiger partial charge is 0.310 e. The zero-order chi connectivity index (χ0) is 13.8. The number of aryl methyl sites for hydroxylation is 1. The van der Waals surface area contributed by atoms with Crippen molar-refractivity contribution in [2.24, 2.45) is 0 Å². The Morgan fingerprint density at radius 2 is 2.00 bits per heavy atom. The molecule has 1 aromatic rings. The molecule has 0 aliphatic carbocycles. The van der Waals surface area contributed by atoms with Gasteiger partial charge in [-0.2, -0.15) is 11.8 Å². The smallest absolute Gasteiger partial charge is 0.126 e. The first kappa shape index (κ1) is 15.5. The molecule has 102 valence electrons. The van der Waals surface area contributed by atoms with Crippen molar-refractivity contribution in [3.63, 3.8) is 0 Å². The highest BCUT2D eigenvalue weighted by atomic mass is 32.2. The van der Waals surface area contributed by atoms with Gasteiger partial charge in [-0.1, -0.05) is 39.8 Å². The molecule has 1 atom stereocenters. The van der Waals surface area contributed by atoms with Gasteiger partial charge in [0, 0.05) is 16.5 Å². The van der Waals surface area contributed by atoms with E-state index in [9.17, 15) is 4.39 Å². The molecule has 3 heteroatoms. The molecule has 0 fully saturated rings. The first-order valence-electron chi connectivity index (χ1n) is 6.47. The van der Waals surface area contributed by atoms with Gasteiger partial charge in [-0.15, -0.1) is 0 Å². The highest BCUT2D eigenvalue weighted by molar-refractivity contribution is 8.00. The summed E-state index contributed by atoms with van der Waals surface area (Å²) >= 11 is 1.90.